The summed E-state index contributed by atoms with van der Waals surface area (Å²) in [7, 11) is 0. The maximum Gasteiger partial charge on any atom is 0.405 e. The van der Waals surface area contributed by atoms with E-state index in [1.54, 1.807) is 6.92 Å². The number of aliphatic hydroxyl groups is 1. The highest BCUT2D eigenvalue weighted by molar-refractivity contribution is 5.65. The van der Waals surface area contributed by atoms with Crippen LogP contribution in [0, 0.1) is 5.92 Å². The van der Waals surface area contributed by atoms with Gasteiger partial charge in [0.05, 0.1) is 11.6 Å². The SMILES string of the molecule is C[C@H]1CN(C(C)(C)C)C[C@@H](NC(=O)O)[C@@]1(C)O. The third-order valence-electron chi connectivity index (χ3n) is 3.85. The molecule has 0 aromatic carbocycles. The quantitative estimate of drug-likeness (QED) is 0.646. The highest BCUT2D eigenvalue weighted by Crippen LogP contribution is 2.31. The van der Waals surface area contributed by atoms with Crippen LogP contribution in [-0.4, -0.2) is 51.5 Å². The molecule has 3 atom stereocenters. The van der Waals surface area contributed by atoms with Crippen LogP contribution in [0.1, 0.15) is 34.6 Å². The fourth-order valence-corrected chi connectivity index (χ4v) is 2.23. The summed E-state index contributed by atoms with van der Waals surface area (Å²) in [6.07, 6.45) is -1.08. The van der Waals surface area contributed by atoms with Crippen LogP contribution in [0.25, 0.3) is 0 Å². The molecule has 0 bridgehead atoms. The molecule has 0 unspecified atom stereocenters. The van der Waals surface area contributed by atoms with E-state index in [4.69, 9.17) is 5.11 Å². The molecule has 5 heteroatoms. The Hall–Kier alpha value is -0.810. The molecule has 0 radical (unpaired) electrons. The molecule has 0 aromatic heterocycles. The van der Waals surface area contributed by atoms with E-state index in [0.717, 1.165) is 6.54 Å². The number of hydrogen-bond acceptors (Lipinski definition) is 3. The minimum Gasteiger partial charge on any atom is -0.465 e. The van der Waals surface area contributed by atoms with Crippen molar-refractivity contribution in [1.29, 1.82) is 0 Å². The molecule has 0 aromatic rings. The molecule has 0 aliphatic carbocycles. The van der Waals surface area contributed by atoms with E-state index >= 15 is 0 Å². The second-order valence-corrected chi connectivity index (χ2v) is 6.20. The van der Waals surface area contributed by atoms with Crippen molar-refractivity contribution in [1.82, 2.24) is 10.2 Å². The van der Waals surface area contributed by atoms with Gasteiger partial charge in [-0.2, -0.15) is 0 Å². The van der Waals surface area contributed by atoms with Gasteiger partial charge >= 0.3 is 6.09 Å². The standard InChI is InChI=1S/C12H24N2O3/c1-8-6-14(11(2,3)4)7-9(12(8,5)17)13-10(15)16/h8-9,13,17H,6-7H2,1-5H3,(H,15,16)/t8-,9+,12-/m0/s1. The first-order valence-electron chi connectivity index (χ1n) is 6.02. The van der Waals surface area contributed by atoms with Gasteiger partial charge in [0.25, 0.3) is 0 Å². The Bertz CT molecular complexity index is 297. The molecule has 1 aliphatic heterocycles. The van der Waals surface area contributed by atoms with Crippen molar-refractivity contribution in [3.8, 4) is 0 Å². The average molecular weight is 244 g/mol. The molecule has 1 fully saturated rings. The highest BCUT2D eigenvalue weighted by Gasteiger charge is 2.45. The molecule has 1 saturated heterocycles. The van der Waals surface area contributed by atoms with Crippen molar-refractivity contribution < 1.29 is 15.0 Å². The smallest absolute Gasteiger partial charge is 0.405 e. The predicted molar refractivity (Wildman–Crippen MR) is 66.1 cm³/mol. The first-order chi connectivity index (χ1) is 7.55. The fourth-order valence-electron chi connectivity index (χ4n) is 2.23. The predicted octanol–water partition coefficient (Wildman–Crippen LogP) is 1.12. The van der Waals surface area contributed by atoms with Crippen LogP contribution in [-0.2, 0) is 0 Å². The molecule has 5 nitrogen and oxygen atoms in total. The number of rotatable bonds is 1. The summed E-state index contributed by atoms with van der Waals surface area (Å²) >= 11 is 0. The third-order valence-corrected chi connectivity index (χ3v) is 3.85. The molecule has 0 saturated carbocycles. The van der Waals surface area contributed by atoms with Gasteiger partial charge in [-0.3, -0.25) is 4.90 Å². The van der Waals surface area contributed by atoms with Crippen LogP contribution in [0.2, 0.25) is 0 Å². The molecule has 1 aliphatic rings. The zero-order valence-electron chi connectivity index (χ0n) is 11.3. The van der Waals surface area contributed by atoms with Crippen molar-refractivity contribution in [3.63, 3.8) is 0 Å². The molecular formula is C12H24N2O3. The Morgan fingerprint density at radius 3 is 2.35 bits per heavy atom. The highest BCUT2D eigenvalue weighted by atomic mass is 16.4. The Labute approximate surface area is 103 Å². The Kier molecular flexibility index (Phi) is 3.74. The molecule has 3 N–H and O–H groups in total. The maximum atomic E-state index is 10.8. The molecule has 1 rings (SSSR count). The fraction of sp³-hybridized carbons (Fsp3) is 0.917. The van der Waals surface area contributed by atoms with E-state index < -0.39 is 17.7 Å². The van der Waals surface area contributed by atoms with E-state index in [9.17, 15) is 9.90 Å². The number of nitrogens with zero attached hydrogens (tertiary/aromatic N) is 1. The molecule has 100 valence electrons. The van der Waals surface area contributed by atoms with Crippen molar-refractivity contribution in [3.05, 3.63) is 0 Å². The summed E-state index contributed by atoms with van der Waals surface area (Å²) in [5, 5.41) is 21.6. The van der Waals surface area contributed by atoms with Crippen LogP contribution < -0.4 is 5.32 Å². The number of amides is 1. The van der Waals surface area contributed by atoms with E-state index in [2.05, 4.69) is 31.0 Å². The minimum atomic E-state index is -1.08. The lowest BCUT2D eigenvalue weighted by molar-refractivity contribution is -0.0930. The Morgan fingerprint density at radius 1 is 1.41 bits per heavy atom. The molecule has 17 heavy (non-hydrogen) atoms. The third kappa shape index (κ3) is 3.10. The Morgan fingerprint density at radius 2 is 1.94 bits per heavy atom. The maximum absolute atomic E-state index is 10.8. The molecule has 1 amide bonds. The zero-order chi connectivity index (χ0) is 13.4. The summed E-state index contributed by atoms with van der Waals surface area (Å²) in [6.45, 7) is 11.3. The second kappa shape index (κ2) is 4.46. The number of carbonyl (C=O) groups is 1. The largest absolute Gasteiger partial charge is 0.465 e. The summed E-state index contributed by atoms with van der Waals surface area (Å²) < 4.78 is 0. The summed E-state index contributed by atoms with van der Waals surface area (Å²) in [6, 6.07) is -0.456. The number of likely N-dealkylation sites (tertiary alicyclic amines) is 1. The van der Waals surface area contributed by atoms with Gasteiger partial charge in [-0.25, -0.2) is 4.79 Å². The van der Waals surface area contributed by atoms with Crippen molar-refractivity contribution >= 4 is 6.09 Å². The monoisotopic (exact) mass is 244 g/mol. The van der Waals surface area contributed by atoms with Gasteiger partial charge in [-0.1, -0.05) is 6.92 Å². The summed E-state index contributed by atoms with van der Waals surface area (Å²) in [5.74, 6) is 0.0207. The van der Waals surface area contributed by atoms with Crippen molar-refractivity contribution in [2.45, 2.75) is 51.8 Å². The van der Waals surface area contributed by atoms with Gasteiger partial charge in [0.15, 0.2) is 0 Å². The molecular weight excluding hydrogens is 220 g/mol. The summed E-state index contributed by atoms with van der Waals surface area (Å²) in [4.78, 5) is 13.0. The van der Waals surface area contributed by atoms with Gasteiger partial charge in [0.1, 0.15) is 0 Å². The second-order valence-electron chi connectivity index (χ2n) is 6.20. The van der Waals surface area contributed by atoms with E-state index in [-0.39, 0.29) is 11.5 Å². The number of nitrogens with one attached hydrogen (secondary N) is 1. The van der Waals surface area contributed by atoms with Gasteiger partial charge in [-0.05, 0) is 33.6 Å². The van der Waals surface area contributed by atoms with Crippen LogP contribution in [0.3, 0.4) is 0 Å². The van der Waals surface area contributed by atoms with Crippen molar-refractivity contribution in [2.75, 3.05) is 13.1 Å². The minimum absolute atomic E-state index is 0.0207. The van der Waals surface area contributed by atoms with E-state index in [1.807, 2.05) is 6.92 Å². The van der Waals surface area contributed by atoms with Gasteiger partial charge in [0.2, 0.25) is 0 Å². The molecule has 0 spiro atoms. The first kappa shape index (κ1) is 14.3. The van der Waals surface area contributed by atoms with Crippen molar-refractivity contribution in [2.24, 2.45) is 5.92 Å². The lowest BCUT2D eigenvalue weighted by atomic mass is 9.78. The Balaban J connectivity index is 2.88. The number of piperidine rings is 1. The van der Waals surface area contributed by atoms with Crippen LogP contribution in [0.15, 0.2) is 0 Å². The van der Waals surface area contributed by atoms with Crippen LogP contribution >= 0.6 is 0 Å². The topological polar surface area (TPSA) is 72.8 Å². The van der Waals surface area contributed by atoms with Gasteiger partial charge in [-0.15, -0.1) is 0 Å². The van der Waals surface area contributed by atoms with E-state index in [1.165, 1.54) is 0 Å². The zero-order valence-corrected chi connectivity index (χ0v) is 11.3. The lowest BCUT2D eigenvalue weighted by Gasteiger charge is -2.50. The number of carboxylic acid groups (broad SMARTS) is 1. The van der Waals surface area contributed by atoms with Gasteiger partial charge in [0, 0.05) is 18.6 Å². The number of hydrogen-bond donors (Lipinski definition) is 3. The lowest BCUT2D eigenvalue weighted by Crippen LogP contribution is -2.67. The van der Waals surface area contributed by atoms with Gasteiger partial charge < -0.3 is 15.5 Å². The van der Waals surface area contributed by atoms with Crippen LogP contribution in [0.4, 0.5) is 4.79 Å². The molecule has 1 heterocycles. The normalized spacial score (nSPS) is 35.6. The summed E-state index contributed by atoms with van der Waals surface area (Å²) in [5.41, 5.74) is -1.02. The van der Waals surface area contributed by atoms with Crippen LogP contribution in [0.5, 0.6) is 0 Å². The average Bonchev–Trinajstić information content (AvgIpc) is 2.10. The van der Waals surface area contributed by atoms with E-state index in [0.29, 0.717) is 6.54 Å². The first-order valence-corrected chi connectivity index (χ1v) is 6.02.